The van der Waals surface area contributed by atoms with E-state index in [2.05, 4.69) is 52.8 Å². The Balaban J connectivity index is 2.24. The van der Waals surface area contributed by atoms with E-state index in [0.29, 0.717) is 10.8 Å². The van der Waals surface area contributed by atoms with E-state index < -0.39 is 0 Å². The maximum absolute atomic E-state index is 2.48. The predicted octanol–water partition coefficient (Wildman–Crippen LogP) is 4.60. The second-order valence-corrected chi connectivity index (χ2v) is 7.21. The SMILES string of the molecule is CC1=Cc2cc3c(cc2C1)C(C)(C)CC3(C)C. The summed E-state index contributed by atoms with van der Waals surface area (Å²) >= 11 is 0. The van der Waals surface area contributed by atoms with Crippen LogP contribution in [0, 0.1) is 0 Å². The van der Waals surface area contributed by atoms with Crippen LogP contribution in [0.4, 0.5) is 0 Å². The molecule has 0 N–H and O–H groups in total. The summed E-state index contributed by atoms with van der Waals surface area (Å²) in [5, 5.41) is 0. The van der Waals surface area contributed by atoms with Gasteiger partial charge in [0, 0.05) is 0 Å². The molecule has 90 valence electrons. The van der Waals surface area contributed by atoms with E-state index in [9.17, 15) is 0 Å². The molecule has 0 atom stereocenters. The van der Waals surface area contributed by atoms with E-state index >= 15 is 0 Å². The Morgan fingerprint density at radius 3 is 2.18 bits per heavy atom. The largest absolute Gasteiger partial charge is 0.0683 e. The number of rotatable bonds is 0. The molecular formula is C17H22. The molecule has 0 heterocycles. The molecule has 0 fully saturated rings. The van der Waals surface area contributed by atoms with Gasteiger partial charge >= 0.3 is 0 Å². The van der Waals surface area contributed by atoms with E-state index in [1.807, 2.05) is 0 Å². The molecule has 0 saturated carbocycles. The maximum atomic E-state index is 2.48. The molecular weight excluding hydrogens is 204 g/mol. The van der Waals surface area contributed by atoms with E-state index in [1.165, 1.54) is 23.1 Å². The van der Waals surface area contributed by atoms with Crippen LogP contribution < -0.4 is 0 Å². The first kappa shape index (κ1) is 11.1. The van der Waals surface area contributed by atoms with Gasteiger partial charge in [0.1, 0.15) is 0 Å². The molecule has 0 nitrogen and oxygen atoms in total. The summed E-state index contributed by atoms with van der Waals surface area (Å²) in [5.74, 6) is 0. The Bertz CT molecular complexity index is 527. The molecule has 0 spiro atoms. The molecule has 0 amide bonds. The van der Waals surface area contributed by atoms with E-state index in [1.54, 1.807) is 11.1 Å². The Kier molecular flexibility index (Phi) is 1.98. The summed E-state index contributed by atoms with van der Waals surface area (Å²) in [4.78, 5) is 0. The van der Waals surface area contributed by atoms with Crippen LogP contribution in [-0.2, 0) is 17.3 Å². The summed E-state index contributed by atoms with van der Waals surface area (Å²) in [6, 6.07) is 4.93. The van der Waals surface area contributed by atoms with Crippen molar-refractivity contribution in [2.45, 2.75) is 58.3 Å². The molecule has 0 aliphatic heterocycles. The summed E-state index contributed by atoms with van der Waals surface area (Å²) in [7, 11) is 0. The second kappa shape index (κ2) is 3.04. The number of benzene rings is 1. The molecule has 0 bridgehead atoms. The Morgan fingerprint density at radius 2 is 1.53 bits per heavy atom. The first-order valence-electron chi connectivity index (χ1n) is 6.65. The standard InChI is InChI=1S/C17H22/c1-11-6-12-8-14-15(9-13(12)7-11)17(4,5)10-16(14,2)3/h6,8-9H,7,10H2,1-5H3. The number of allylic oxidation sites excluding steroid dienone is 1. The van der Waals surface area contributed by atoms with Gasteiger partial charge in [-0.15, -0.1) is 0 Å². The number of hydrogen-bond donors (Lipinski definition) is 0. The van der Waals surface area contributed by atoms with Crippen LogP contribution in [0.25, 0.3) is 6.08 Å². The molecule has 1 aromatic rings. The molecule has 1 aromatic carbocycles. The molecule has 2 aliphatic carbocycles. The molecule has 0 heteroatoms. The van der Waals surface area contributed by atoms with Crippen LogP contribution in [0.1, 0.15) is 63.3 Å². The highest BCUT2D eigenvalue weighted by atomic mass is 14.5. The smallest absolute Gasteiger partial charge is 0.00605 e. The van der Waals surface area contributed by atoms with Gasteiger partial charge in [-0.05, 0) is 52.8 Å². The van der Waals surface area contributed by atoms with Gasteiger partial charge in [-0.2, -0.15) is 0 Å². The average Bonchev–Trinajstić information content (AvgIpc) is 2.59. The third kappa shape index (κ3) is 1.50. The highest BCUT2D eigenvalue weighted by Gasteiger charge is 2.42. The normalized spacial score (nSPS) is 23.2. The first-order chi connectivity index (χ1) is 7.79. The maximum Gasteiger partial charge on any atom is -0.00605 e. The molecule has 3 rings (SSSR count). The molecule has 0 radical (unpaired) electrons. The lowest BCUT2D eigenvalue weighted by molar-refractivity contribution is 0.403. The number of hydrogen-bond acceptors (Lipinski definition) is 0. The summed E-state index contributed by atoms with van der Waals surface area (Å²) < 4.78 is 0. The van der Waals surface area contributed by atoms with E-state index in [-0.39, 0.29) is 0 Å². The second-order valence-electron chi connectivity index (χ2n) is 7.21. The van der Waals surface area contributed by atoms with Gasteiger partial charge < -0.3 is 0 Å². The molecule has 0 saturated heterocycles. The fraction of sp³-hybridized carbons (Fsp3) is 0.529. The monoisotopic (exact) mass is 226 g/mol. The van der Waals surface area contributed by atoms with Crippen molar-refractivity contribution >= 4 is 6.08 Å². The fourth-order valence-corrected chi connectivity index (χ4v) is 3.98. The van der Waals surface area contributed by atoms with Gasteiger partial charge in [-0.1, -0.05) is 51.5 Å². The van der Waals surface area contributed by atoms with Crippen molar-refractivity contribution in [1.29, 1.82) is 0 Å². The van der Waals surface area contributed by atoms with E-state index in [0.717, 1.165) is 6.42 Å². The zero-order valence-corrected chi connectivity index (χ0v) is 11.6. The minimum Gasteiger partial charge on any atom is -0.0683 e. The van der Waals surface area contributed by atoms with Crippen molar-refractivity contribution in [1.82, 2.24) is 0 Å². The van der Waals surface area contributed by atoms with Gasteiger partial charge in [-0.3, -0.25) is 0 Å². The third-order valence-electron chi connectivity index (χ3n) is 4.49. The minimum atomic E-state index is 0.332. The van der Waals surface area contributed by atoms with Gasteiger partial charge in [0.2, 0.25) is 0 Å². The van der Waals surface area contributed by atoms with Crippen molar-refractivity contribution < 1.29 is 0 Å². The van der Waals surface area contributed by atoms with Gasteiger partial charge in [-0.25, -0.2) is 0 Å². The van der Waals surface area contributed by atoms with Crippen molar-refractivity contribution in [2.75, 3.05) is 0 Å². The van der Waals surface area contributed by atoms with Crippen LogP contribution in [0.5, 0.6) is 0 Å². The Hall–Kier alpha value is -1.04. The third-order valence-corrected chi connectivity index (χ3v) is 4.49. The van der Waals surface area contributed by atoms with Crippen molar-refractivity contribution in [3.8, 4) is 0 Å². The Labute approximate surface area is 105 Å². The van der Waals surface area contributed by atoms with Gasteiger partial charge in [0.05, 0.1) is 0 Å². The zero-order valence-electron chi connectivity index (χ0n) is 11.6. The van der Waals surface area contributed by atoms with Crippen molar-refractivity contribution in [2.24, 2.45) is 0 Å². The molecule has 0 aromatic heterocycles. The van der Waals surface area contributed by atoms with E-state index in [4.69, 9.17) is 0 Å². The van der Waals surface area contributed by atoms with Gasteiger partial charge in [0.15, 0.2) is 0 Å². The predicted molar refractivity (Wildman–Crippen MR) is 74.5 cm³/mol. The highest BCUT2D eigenvalue weighted by molar-refractivity contribution is 5.67. The summed E-state index contributed by atoms with van der Waals surface area (Å²) in [6.07, 6.45) is 4.77. The topological polar surface area (TPSA) is 0 Å². The lowest BCUT2D eigenvalue weighted by Gasteiger charge is -2.22. The van der Waals surface area contributed by atoms with Crippen LogP contribution in [0.2, 0.25) is 0 Å². The molecule has 2 aliphatic rings. The summed E-state index contributed by atoms with van der Waals surface area (Å²) in [5.41, 5.74) is 8.33. The quantitative estimate of drug-likeness (QED) is 0.606. The molecule has 0 unspecified atom stereocenters. The molecule has 17 heavy (non-hydrogen) atoms. The Morgan fingerprint density at radius 1 is 0.941 bits per heavy atom. The lowest BCUT2D eigenvalue weighted by atomic mass is 9.82. The van der Waals surface area contributed by atoms with Gasteiger partial charge in [0.25, 0.3) is 0 Å². The van der Waals surface area contributed by atoms with Crippen LogP contribution in [0.3, 0.4) is 0 Å². The summed E-state index contributed by atoms with van der Waals surface area (Å²) in [6.45, 7) is 11.8. The fourth-order valence-electron chi connectivity index (χ4n) is 3.98. The lowest BCUT2D eigenvalue weighted by Crippen LogP contribution is -2.18. The van der Waals surface area contributed by atoms with Crippen molar-refractivity contribution in [3.63, 3.8) is 0 Å². The zero-order chi connectivity index (χ0) is 12.4. The van der Waals surface area contributed by atoms with Crippen LogP contribution in [-0.4, -0.2) is 0 Å². The first-order valence-corrected chi connectivity index (χ1v) is 6.65. The van der Waals surface area contributed by atoms with Crippen molar-refractivity contribution in [3.05, 3.63) is 40.0 Å². The average molecular weight is 226 g/mol. The highest BCUT2D eigenvalue weighted by Crippen LogP contribution is 2.50. The minimum absolute atomic E-state index is 0.332. The number of fused-ring (bicyclic) bond motifs is 2. The van der Waals surface area contributed by atoms with Crippen LogP contribution >= 0.6 is 0 Å². The van der Waals surface area contributed by atoms with Crippen LogP contribution in [0.15, 0.2) is 17.7 Å².